The molecule has 1 aromatic heterocycles. The van der Waals surface area contributed by atoms with Crippen LogP contribution in [0.15, 0.2) is 30.5 Å². The second-order valence-corrected chi connectivity index (χ2v) is 5.12. The molecule has 1 unspecified atom stereocenters. The lowest BCUT2D eigenvalue weighted by Crippen LogP contribution is -2.42. The van der Waals surface area contributed by atoms with E-state index in [1.165, 1.54) is 10.9 Å². The summed E-state index contributed by atoms with van der Waals surface area (Å²) in [6, 6.07) is 8.36. The average Bonchev–Trinajstić information content (AvgIpc) is 2.79. The number of benzene rings is 1. The summed E-state index contributed by atoms with van der Waals surface area (Å²) in [6.45, 7) is 1.55. The zero-order valence-corrected chi connectivity index (χ0v) is 10.9. The summed E-state index contributed by atoms with van der Waals surface area (Å²) >= 11 is 0. The van der Waals surface area contributed by atoms with Crippen LogP contribution in [0.25, 0.3) is 10.9 Å². The molecule has 2 aromatic rings. The van der Waals surface area contributed by atoms with Gasteiger partial charge in [0, 0.05) is 24.8 Å². The van der Waals surface area contributed by atoms with Crippen molar-refractivity contribution in [2.75, 3.05) is 6.54 Å². The number of fused-ring (bicyclic) bond motifs is 1. The zero-order valence-electron chi connectivity index (χ0n) is 10.9. The quantitative estimate of drug-likeness (QED) is 0.787. The van der Waals surface area contributed by atoms with Gasteiger partial charge in [0.2, 0.25) is 5.91 Å². The van der Waals surface area contributed by atoms with Crippen LogP contribution in [0, 0.1) is 0 Å². The van der Waals surface area contributed by atoms with E-state index < -0.39 is 0 Å². The van der Waals surface area contributed by atoms with Crippen LogP contribution in [0.1, 0.15) is 24.8 Å². The van der Waals surface area contributed by atoms with Gasteiger partial charge in [-0.3, -0.25) is 4.79 Å². The highest BCUT2D eigenvalue weighted by Gasteiger charge is 2.19. The van der Waals surface area contributed by atoms with Gasteiger partial charge in [-0.05, 0) is 48.4 Å². The lowest BCUT2D eigenvalue weighted by atomic mass is 10.1. The Balaban J connectivity index is 1.65. The monoisotopic (exact) mass is 257 g/mol. The second-order valence-electron chi connectivity index (χ2n) is 5.12. The summed E-state index contributed by atoms with van der Waals surface area (Å²) < 4.78 is 0. The van der Waals surface area contributed by atoms with Crippen LogP contribution in [-0.2, 0) is 11.3 Å². The third-order valence-corrected chi connectivity index (χ3v) is 3.71. The minimum absolute atomic E-state index is 0.0515. The first-order chi connectivity index (χ1) is 9.33. The number of aromatic amines is 1. The number of rotatable bonds is 3. The molecule has 0 bridgehead atoms. The van der Waals surface area contributed by atoms with Gasteiger partial charge in [0.05, 0.1) is 6.04 Å². The molecule has 0 radical (unpaired) electrons. The van der Waals surface area contributed by atoms with Crippen molar-refractivity contribution in [1.82, 2.24) is 15.6 Å². The predicted molar refractivity (Wildman–Crippen MR) is 75.8 cm³/mol. The maximum absolute atomic E-state index is 11.8. The average molecular weight is 257 g/mol. The van der Waals surface area contributed by atoms with E-state index >= 15 is 0 Å². The van der Waals surface area contributed by atoms with Crippen LogP contribution >= 0.6 is 0 Å². The molecule has 19 heavy (non-hydrogen) atoms. The summed E-state index contributed by atoms with van der Waals surface area (Å²) in [5.41, 5.74) is 2.36. The number of hydrogen-bond acceptors (Lipinski definition) is 2. The molecule has 1 fully saturated rings. The largest absolute Gasteiger partial charge is 0.361 e. The van der Waals surface area contributed by atoms with E-state index in [2.05, 4.69) is 39.9 Å². The smallest absolute Gasteiger partial charge is 0.237 e. The van der Waals surface area contributed by atoms with E-state index in [4.69, 9.17) is 0 Å². The van der Waals surface area contributed by atoms with E-state index in [0.717, 1.165) is 37.9 Å². The van der Waals surface area contributed by atoms with Gasteiger partial charge in [-0.2, -0.15) is 0 Å². The van der Waals surface area contributed by atoms with Gasteiger partial charge in [-0.25, -0.2) is 0 Å². The first-order valence-corrected chi connectivity index (χ1v) is 6.90. The third kappa shape index (κ3) is 2.79. The Labute approximate surface area is 112 Å². The molecule has 2 heterocycles. The van der Waals surface area contributed by atoms with Gasteiger partial charge < -0.3 is 15.6 Å². The number of H-pyrrole nitrogens is 1. The van der Waals surface area contributed by atoms with Gasteiger partial charge in [0.1, 0.15) is 0 Å². The van der Waals surface area contributed by atoms with Crippen molar-refractivity contribution in [3.8, 4) is 0 Å². The first-order valence-electron chi connectivity index (χ1n) is 6.90. The Morgan fingerprint density at radius 3 is 3.16 bits per heavy atom. The van der Waals surface area contributed by atoms with Gasteiger partial charge in [0.15, 0.2) is 0 Å². The van der Waals surface area contributed by atoms with Crippen molar-refractivity contribution >= 4 is 16.8 Å². The molecular formula is C15H19N3O. The Kier molecular flexibility index (Phi) is 3.51. The van der Waals surface area contributed by atoms with Crippen molar-refractivity contribution in [2.24, 2.45) is 0 Å². The first kappa shape index (κ1) is 12.2. The molecule has 1 amide bonds. The molecule has 3 rings (SSSR count). The van der Waals surface area contributed by atoms with Crippen molar-refractivity contribution in [3.63, 3.8) is 0 Å². The molecule has 1 saturated heterocycles. The Morgan fingerprint density at radius 2 is 2.21 bits per heavy atom. The molecule has 4 nitrogen and oxygen atoms in total. The van der Waals surface area contributed by atoms with Crippen molar-refractivity contribution in [3.05, 3.63) is 36.0 Å². The number of amides is 1. The summed E-state index contributed by atoms with van der Waals surface area (Å²) in [7, 11) is 0. The molecule has 0 spiro atoms. The summed E-state index contributed by atoms with van der Waals surface area (Å²) in [5, 5.41) is 7.52. The normalized spacial score (nSPS) is 20.2. The second kappa shape index (κ2) is 5.45. The van der Waals surface area contributed by atoms with Crippen molar-refractivity contribution < 1.29 is 4.79 Å². The fourth-order valence-corrected chi connectivity index (χ4v) is 2.59. The van der Waals surface area contributed by atoms with Crippen molar-refractivity contribution in [1.29, 1.82) is 0 Å². The molecule has 1 atom stereocenters. The third-order valence-electron chi connectivity index (χ3n) is 3.71. The minimum atomic E-state index is -0.0515. The summed E-state index contributed by atoms with van der Waals surface area (Å²) in [6.07, 6.45) is 5.06. The number of carbonyl (C=O) groups excluding carboxylic acids is 1. The van der Waals surface area contributed by atoms with Crippen LogP contribution in [0.2, 0.25) is 0 Å². The van der Waals surface area contributed by atoms with E-state index in [9.17, 15) is 4.79 Å². The number of carbonyl (C=O) groups is 1. The maximum atomic E-state index is 11.8. The highest BCUT2D eigenvalue weighted by atomic mass is 16.2. The number of hydrogen-bond donors (Lipinski definition) is 3. The van der Waals surface area contributed by atoms with E-state index in [-0.39, 0.29) is 11.9 Å². The zero-order chi connectivity index (χ0) is 13.1. The minimum Gasteiger partial charge on any atom is -0.361 e. The molecule has 1 aromatic carbocycles. The van der Waals surface area contributed by atoms with Crippen LogP contribution in [0.3, 0.4) is 0 Å². The molecule has 1 aliphatic rings. The predicted octanol–water partition coefficient (Wildman–Crippen LogP) is 1.93. The molecule has 0 aliphatic carbocycles. The fraction of sp³-hybridized carbons (Fsp3) is 0.400. The lowest BCUT2D eigenvalue weighted by Gasteiger charge is -2.15. The number of aromatic nitrogens is 1. The topological polar surface area (TPSA) is 56.9 Å². The van der Waals surface area contributed by atoms with Gasteiger partial charge in [-0.1, -0.05) is 6.07 Å². The molecule has 1 aliphatic heterocycles. The van der Waals surface area contributed by atoms with Gasteiger partial charge in [0.25, 0.3) is 0 Å². The SMILES string of the molecule is O=C1NCCCCC1NCc1ccc2[nH]ccc2c1. The van der Waals surface area contributed by atoms with Crippen molar-refractivity contribution in [2.45, 2.75) is 31.8 Å². The molecule has 0 saturated carbocycles. The highest BCUT2D eigenvalue weighted by molar-refractivity contribution is 5.82. The fourth-order valence-electron chi connectivity index (χ4n) is 2.59. The maximum Gasteiger partial charge on any atom is 0.237 e. The van der Waals surface area contributed by atoms with Gasteiger partial charge >= 0.3 is 0 Å². The van der Waals surface area contributed by atoms with Crippen LogP contribution in [0.4, 0.5) is 0 Å². The molecular weight excluding hydrogens is 238 g/mol. The van der Waals surface area contributed by atoms with Gasteiger partial charge in [-0.15, -0.1) is 0 Å². The summed E-state index contributed by atoms with van der Waals surface area (Å²) in [5.74, 6) is 0.139. The highest BCUT2D eigenvalue weighted by Crippen LogP contribution is 2.14. The Bertz CT molecular complexity index is 576. The molecule has 100 valence electrons. The Hall–Kier alpha value is -1.81. The number of nitrogens with one attached hydrogen (secondary N) is 3. The van der Waals surface area contributed by atoms with E-state index in [0.29, 0.717) is 0 Å². The Morgan fingerprint density at radius 1 is 1.26 bits per heavy atom. The van der Waals surface area contributed by atoms with E-state index in [1.807, 2.05) is 6.20 Å². The van der Waals surface area contributed by atoms with Crippen LogP contribution in [-0.4, -0.2) is 23.5 Å². The molecule has 3 N–H and O–H groups in total. The molecule has 4 heteroatoms. The van der Waals surface area contributed by atoms with E-state index in [1.54, 1.807) is 0 Å². The summed E-state index contributed by atoms with van der Waals surface area (Å²) in [4.78, 5) is 15.0. The van der Waals surface area contributed by atoms with Crippen LogP contribution in [0.5, 0.6) is 0 Å². The van der Waals surface area contributed by atoms with Crippen LogP contribution < -0.4 is 10.6 Å². The standard InChI is InChI=1S/C15H19N3O/c19-15-14(3-1-2-7-17-15)18-10-11-4-5-13-12(9-11)6-8-16-13/h4-6,8-9,14,16,18H,1-3,7,10H2,(H,17,19). The lowest BCUT2D eigenvalue weighted by molar-refractivity contribution is -0.122.